The van der Waals surface area contributed by atoms with E-state index in [0.717, 1.165) is 11.3 Å². The van der Waals surface area contributed by atoms with Crippen LogP contribution in [0.2, 0.25) is 0 Å². The summed E-state index contributed by atoms with van der Waals surface area (Å²) >= 11 is 0. The highest BCUT2D eigenvalue weighted by atomic mass is 16.3. The van der Waals surface area contributed by atoms with Gasteiger partial charge >= 0.3 is 0 Å². The average Bonchev–Trinajstić information content (AvgIpc) is 3.07. The number of carbonyl (C=O) groups excluding carboxylic acids is 1. The molecule has 6 nitrogen and oxygen atoms in total. The van der Waals surface area contributed by atoms with Crippen molar-refractivity contribution < 1.29 is 9.90 Å². The predicted molar refractivity (Wildman–Crippen MR) is 81.3 cm³/mol. The largest absolute Gasteiger partial charge is 0.391 e. The number of aromatic nitrogens is 3. The Balaban J connectivity index is 1.79. The fourth-order valence-corrected chi connectivity index (χ4v) is 2.91. The molecule has 2 aromatic heterocycles. The number of aliphatic hydroxyl groups is 1. The zero-order valence-corrected chi connectivity index (χ0v) is 12.8. The Morgan fingerprint density at radius 3 is 2.86 bits per heavy atom. The summed E-state index contributed by atoms with van der Waals surface area (Å²) in [4.78, 5) is 18.6. The van der Waals surface area contributed by atoms with Crippen LogP contribution < -0.4 is 0 Å². The summed E-state index contributed by atoms with van der Waals surface area (Å²) in [5.74, 6) is -0.0714. The van der Waals surface area contributed by atoms with Crippen molar-refractivity contribution in [2.24, 2.45) is 7.05 Å². The Morgan fingerprint density at radius 2 is 2.23 bits per heavy atom. The Kier molecular flexibility index (Phi) is 3.94. The molecule has 0 radical (unpaired) electrons. The topological polar surface area (TPSA) is 71.2 Å². The van der Waals surface area contributed by atoms with Crippen LogP contribution in [0.5, 0.6) is 0 Å². The molecule has 1 aliphatic rings. The summed E-state index contributed by atoms with van der Waals surface area (Å²) in [7, 11) is 1.86. The monoisotopic (exact) mass is 300 g/mol. The second kappa shape index (κ2) is 5.88. The van der Waals surface area contributed by atoms with E-state index in [1.54, 1.807) is 28.0 Å². The number of carbonyl (C=O) groups is 1. The van der Waals surface area contributed by atoms with E-state index in [0.29, 0.717) is 24.9 Å². The zero-order valence-electron chi connectivity index (χ0n) is 12.8. The van der Waals surface area contributed by atoms with Gasteiger partial charge in [-0.1, -0.05) is 0 Å². The molecular weight excluding hydrogens is 280 g/mol. The van der Waals surface area contributed by atoms with Crippen LogP contribution in [0.1, 0.15) is 28.0 Å². The number of aliphatic hydroxyl groups excluding tert-OH is 1. The SMILES string of the molecule is Cc1ccc(C(=O)N2CC[C@H](O)[C@@H]2Cc2cnn(C)c2)cn1. The first-order valence-electron chi connectivity index (χ1n) is 7.44. The van der Waals surface area contributed by atoms with Crippen molar-refractivity contribution in [1.29, 1.82) is 0 Å². The van der Waals surface area contributed by atoms with Crippen LogP contribution in [0.25, 0.3) is 0 Å². The van der Waals surface area contributed by atoms with Gasteiger partial charge in [-0.3, -0.25) is 14.5 Å². The summed E-state index contributed by atoms with van der Waals surface area (Å²) < 4.78 is 1.73. The van der Waals surface area contributed by atoms with Gasteiger partial charge in [0.1, 0.15) is 0 Å². The maximum absolute atomic E-state index is 12.7. The number of rotatable bonds is 3. The van der Waals surface area contributed by atoms with Gasteiger partial charge in [-0.2, -0.15) is 5.10 Å². The van der Waals surface area contributed by atoms with Gasteiger partial charge in [0.15, 0.2) is 0 Å². The first kappa shape index (κ1) is 14.7. The molecular formula is C16H20N4O2. The van der Waals surface area contributed by atoms with E-state index in [9.17, 15) is 9.90 Å². The van der Waals surface area contributed by atoms with E-state index >= 15 is 0 Å². The summed E-state index contributed by atoms with van der Waals surface area (Å²) in [5.41, 5.74) is 2.47. The van der Waals surface area contributed by atoms with E-state index < -0.39 is 6.10 Å². The van der Waals surface area contributed by atoms with Gasteiger partial charge in [0.2, 0.25) is 0 Å². The Hall–Kier alpha value is -2.21. The Bertz CT molecular complexity index is 665. The van der Waals surface area contributed by atoms with Gasteiger partial charge in [0.05, 0.1) is 23.9 Å². The van der Waals surface area contributed by atoms with Crippen LogP contribution in [0, 0.1) is 6.92 Å². The summed E-state index contributed by atoms with van der Waals surface area (Å²) in [5, 5.41) is 14.4. The molecule has 22 heavy (non-hydrogen) atoms. The molecule has 1 N–H and O–H groups in total. The fraction of sp³-hybridized carbons (Fsp3) is 0.438. The normalized spacial score (nSPS) is 21.3. The molecule has 0 unspecified atom stereocenters. The number of likely N-dealkylation sites (tertiary alicyclic amines) is 1. The highest BCUT2D eigenvalue weighted by Crippen LogP contribution is 2.23. The summed E-state index contributed by atoms with van der Waals surface area (Å²) in [6.45, 7) is 2.46. The van der Waals surface area contributed by atoms with E-state index in [1.807, 2.05) is 26.2 Å². The van der Waals surface area contributed by atoms with Crippen molar-refractivity contribution >= 4 is 5.91 Å². The number of pyridine rings is 1. The molecule has 1 aliphatic heterocycles. The summed E-state index contributed by atoms with van der Waals surface area (Å²) in [6.07, 6.45) is 6.02. The molecule has 0 bridgehead atoms. The molecule has 116 valence electrons. The van der Waals surface area contributed by atoms with Crippen molar-refractivity contribution in [3.05, 3.63) is 47.5 Å². The quantitative estimate of drug-likeness (QED) is 0.916. The molecule has 0 aliphatic carbocycles. The van der Waals surface area contributed by atoms with Crippen LogP contribution in [0.15, 0.2) is 30.7 Å². The van der Waals surface area contributed by atoms with Gasteiger partial charge in [-0.05, 0) is 37.5 Å². The van der Waals surface area contributed by atoms with E-state index in [-0.39, 0.29) is 11.9 Å². The maximum atomic E-state index is 12.7. The lowest BCUT2D eigenvalue weighted by Crippen LogP contribution is -2.41. The van der Waals surface area contributed by atoms with Crippen molar-refractivity contribution in [1.82, 2.24) is 19.7 Å². The minimum Gasteiger partial charge on any atom is -0.391 e. The number of hydrogen-bond donors (Lipinski definition) is 1. The molecule has 2 atom stereocenters. The van der Waals surface area contributed by atoms with Crippen molar-refractivity contribution in [2.75, 3.05) is 6.54 Å². The molecule has 1 amide bonds. The third-order valence-electron chi connectivity index (χ3n) is 4.13. The zero-order chi connectivity index (χ0) is 15.7. The molecule has 3 heterocycles. The smallest absolute Gasteiger partial charge is 0.255 e. The third kappa shape index (κ3) is 2.87. The lowest BCUT2D eigenvalue weighted by Gasteiger charge is -2.26. The number of aryl methyl sites for hydroxylation is 2. The number of hydrogen-bond acceptors (Lipinski definition) is 4. The minimum absolute atomic E-state index is 0.0714. The lowest BCUT2D eigenvalue weighted by atomic mass is 10.0. The molecule has 3 rings (SSSR count). The summed E-state index contributed by atoms with van der Waals surface area (Å²) in [6, 6.07) is 3.41. The highest BCUT2D eigenvalue weighted by Gasteiger charge is 2.36. The first-order chi connectivity index (χ1) is 10.5. The number of nitrogens with zero attached hydrogens (tertiary/aromatic N) is 4. The number of amides is 1. The molecule has 6 heteroatoms. The second-order valence-electron chi connectivity index (χ2n) is 5.84. The van der Waals surface area contributed by atoms with Crippen molar-refractivity contribution in [2.45, 2.75) is 31.9 Å². The third-order valence-corrected chi connectivity index (χ3v) is 4.13. The van der Waals surface area contributed by atoms with E-state index in [2.05, 4.69) is 10.1 Å². The van der Waals surface area contributed by atoms with Gasteiger partial charge in [-0.25, -0.2) is 0 Å². The molecule has 1 fully saturated rings. The average molecular weight is 300 g/mol. The van der Waals surface area contributed by atoms with Gasteiger partial charge in [-0.15, -0.1) is 0 Å². The first-order valence-corrected chi connectivity index (χ1v) is 7.44. The predicted octanol–water partition coefficient (Wildman–Crippen LogP) is 0.942. The standard InChI is InChI=1S/C16H20N4O2/c1-11-3-4-13(9-17-11)16(22)20-6-5-15(21)14(20)7-12-8-18-19(2)10-12/h3-4,8-10,14-15,21H,5-7H2,1-2H3/t14-,15-/m0/s1. The van der Waals surface area contributed by atoms with Gasteiger partial charge in [0.25, 0.3) is 5.91 Å². The van der Waals surface area contributed by atoms with Crippen LogP contribution in [0.3, 0.4) is 0 Å². The second-order valence-corrected chi connectivity index (χ2v) is 5.84. The van der Waals surface area contributed by atoms with Crippen molar-refractivity contribution in [3.8, 4) is 0 Å². The highest BCUT2D eigenvalue weighted by molar-refractivity contribution is 5.94. The maximum Gasteiger partial charge on any atom is 0.255 e. The van der Waals surface area contributed by atoms with Gasteiger partial charge in [0, 0.05) is 31.7 Å². The van der Waals surface area contributed by atoms with Crippen LogP contribution >= 0.6 is 0 Å². The van der Waals surface area contributed by atoms with Crippen LogP contribution in [-0.4, -0.2) is 49.4 Å². The molecule has 1 saturated heterocycles. The van der Waals surface area contributed by atoms with Crippen LogP contribution in [0.4, 0.5) is 0 Å². The fourth-order valence-electron chi connectivity index (χ4n) is 2.91. The van der Waals surface area contributed by atoms with Gasteiger partial charge < -0.3 is 10.0 Å². The molecule has 0 saturated carbocycles. The van der Waals surface area contributed by atoms with E-state index in [4.69, 9.17) is 0 Å². The molecule has 2 aromatic rings. The van der Waals surface area contributed by atoms with Crippen molar-refractivity contribution in [3.63, 3.8) is 0 Å². The Labute approximate surface area is 129 Å². The molecule has 0 aromatic carbocycles. The lowest BCUT2D eigenvalue weighted by molar-refractivity contribution is 0.0639. The van der Waals surface area contributed by atoms with Crippen LogP contribution in [-0.2, 0) is 13.5 Å². The molecule has 0 spiro atoms. The minimum atomic E-state index is -0.498. The van der Waals surface area contributed by atoms with E-state index in [1.165, 1.54) is 0 Å². The Morgan fingerprint density at radius 1 is 1.41 bits per heavy atom.